The van der Waals surface area contributed by atoms with Crippen molar-refractivity contribution in [3.8, 4) is 0 Å². The summed E-state index contributed by atoms with van der Waals surface area (Å²) in [6.45, 7) is 25.1. The van der Waals surface area contributed by atoms with Gasteiger partial charge in [0.1, 0.15) is 23.9 Å². The standard InChI is InChI=1S/C59H79NO14Si2/c1-15-76(16-2,17-3)73-43-33-44-58(35-68-44,72-38(6)62)49-51(71-53(65)41-31-25-20-26-32-41)59(67)34-42(36(4)45(56(59,10)11)47(69-37(5)61)50(63)57(43,49)12)70-54(66)48(74-75(13,14)55(7,8)9)46(39-27-21-18-22-28-39)60-52(64)40-29-23-19-24-30-40/h18-32,42-44,46-49,51,67H,15-17,33-35H2,1-14H3,(H,60,64)/t42-,43-,44+,46-,47+,48+,49-,51-,57+,58-,59+/m0/s1. The topological polar surface area (TPSA) is 199 Å². The molecule has 0 spiro atoms. The van der Waals surface area contributed by atoms with E-state index in [-0.39, 0.29) is 24.2 Å². The molecule has 17 heteroatoms. The highest BCUT2D eigenvalue weighted by Crippen LogP contribution is 2.65. The van der Waals surface area contributed by atoms with Crippen LogP contribution >= 0.6 is 0 Å². The molecule has 1 heterocycles. The molecule has 7 rings (SSSR count). The molecule has 3 fully saturated rings. The molecule has 3 aromatic carbocycles. The Kier molecular flexibility index (Phi) is 16.8. The highest BCUT2D eigenvalue weighted by molar-refractivity contribution is 6.74. The highest BCUT2D eigenvalue weighted by atomic mass is 28.4. The van der Waals surface area contributed by atoms with Gasteiger partial charge in [-0.15, -0.1) is 0 Å². The van der Waals surface area contributed by atoms with E-state index < -0.39 is 134 Å². The van der Waals surface area contributed by atoms with E-state index >= 15 is 9.59 Å². The number of benzene rings is 3. The van der Waals surface area contributed by atoms with Crippen molar-refractivity contribution in [3.63, 3.8) is 0 Å². The summed E-state index contributed by atoms with van der Waals surface area (Å²) >= 11 is 0. The van der Waals surface area contributed by atoms with Gasteiger partial charge in [0.2, 0.25) is 0 Å². The smallest absolute Gasteiger partial charge is 0.338 e. The molecule has 0 radical (unpaired) electrons. The molecule has 1 amide bonds. The van der Waals surface area contributed by atoms with Gasteiger partial charge >= 0.3 is 23.9 Å². The van der Waals surface area contributed by atoms with Gasteiger partial charge in [0.05, 0.1) is 35.6 Å². The van der Waals surface area contributed by atoms with Crippen LogP contribution in [-0.2, 0) is 51.7 Å². The van der Waals surface area contributed by atoms with Crippen molar-refractivity contribution in [1.82, 2.24) is 5.32 Å². The summed E-state index contributed by atoms with van der Waals surface area (Å²) < 4.78 is 47.0. The van der Waals surface area contributed by atoms with Crippen LogP contribution in [0.4, 0.5) is 0 Å². The number of ether oxygens (including phenoxy) is 5. The van der Waals surface area contributed by atoms with E-state index in [1.54, 1.807) is 113 Å². The molecule has 0 aromatic heterocycles. The molecule has 1 aliphatic heterocycles. The van der Waals surface area contributed by atoms with Crippen LogP contribution in [0.1, 0.15) is 128 Å². The third-order valence-corrected chi connectivity index (χ3v) is 27.1. The number of Topliss-reactive ketones (excluding diaryl/α,β-unsaturated/α-hetero) is 1. The number of ketones is 1. The van der Waals surface area contributed by atoms with E-state index in [1.807, 2.05) is 39.9 Å². The van der Waals surface area contributed by atoms with Gasteiger partial charge in [0, 0.05) is 37.7 Å². The van der Waals surface area contributed by atoms with Crippen LogP contribution in [-0.4, -0.2) is 112 Å². The maximum atomic E-state index is 16.6. The van der Waals surface area contributed by atoms with Gasteiger partial charge in [-0.2, -0.15) is 0 Å². The van der Waals surface area contributed by atoms with Crippen LogP contribution in [0, 0.1) is 16.7 Å². The molecule has 3 aromatic rings. The number of aliphatic hydroxyl groups is 1. The van der Waals surface area contributed by atoms with Crippen molar-refractivity contribution in [3.05, 3.63) is 119 Å². The van der Waals surface area contributed by atoms with Gasteiger partial charge in [0.25, 0.3) is 5.91 Å². The third kappa shape index (κ3) is 10.4. The second kappa shape index (κ2) is 21.8. The minimum Gasteiger partial charge on any atom is -0.456 e. The predicted octanol–water partition coefficient (Wildman–Crippen LogP) is 9.79. The molecule has 76 heavy (non-hydrogen) atoms. The number of carbonyl (C=O) groups is 6. The summed E-state index contributed by atoms with van der Waals surface area (Å²) in [5, 5.41) is 17.1. The molecule has 2 bridgehead atoms. The van der Waals surface area contributed by atoms with Crippen molar-refractivity contribution in [1.29, 1.82) is 0 Å². The second-order valence-electron chi connectivity index (χ2n) is 23.5. The fourth-order valence-corrected chi connectivity index (χ4v) is 16.4. The van der Waals surface area contributed by atoms with Crippen molar-refractivity contribution in [2.45, 2.75) is 186 Å². The molecule has 4 aliphatic rings. The molecule has 11 atom stereocenters. The predicted molar refractivity (Wildman–Crippen MR) is 290 cm³/mol. The molecule has 1 saturated heterocycles. The van der Waals surface area contributed by atoms with E-state index in [9.17, 15) is 24.3 Å². The molecule has 2 N–H and O–H groups in total. The Morgan fingerprint density at radius 2 is 1.36 bits per heavy atom. The van der Waals surface area contributed by atoms with Crippen molar-refractivity contribution in [2.24, 2.45) is 16.7 Å². The Labute approximate surface area is 450 Å². The highest BCUT2D eigenvalue weighted by Gasteiger charge is 2.79. The largest absolute Gasteiger partial charge is 0.456 e. The molecular weight excluding hydrogens is 1000 g/mol. The monoisotopic (exact) mass is 1080 g/mol. The SMILES string of the molecule is CC[Si](CC)(CC)O[C@H]1C[C@H]2OC[C@@]2(OC(C)=O)[C@H]2[C@H](OC(=O)c3ccccc3)[C@]3(O)C[C@H](OC(=O)[C@H](O[Si](C)(C)C(C)(C)C)[C@@H](NC(=O)c4ccccc4)c4ccccc4)C(C)=C([C@@H](OC(C)=O)C(=O)[C@]12C)C3(C)C. The normalized spacial score (nSPS) is 28.9. The average molecular weight is 1080 g/mol. The number of amides is 1. The average Bonchev–Trinajstić information content (AvgIpc) is 3.54. The van der Waals surface area contributed by atoms with E-state index in [4.69, 9.17) is 32.5 Å². The zero-order chi connectivity index (χ0) is 56.0. The van der Waals surface area contributed by atoms with E-state index in [0.29, 0.717) is 34.8 Å². The van der Waals surface area contributed by atoms with Crippen LogP contribution in [0.15, 0.2) is 102 Å². The van der Waals surface area contributed by atoms with Gasteiger partial charge in [-0.3, -0.25) is 19.2 Å². The van der Waals surface area contributed by atoms with E-state index in [0.717, 1.165) is 0 Å². The zero-order valence-corrected chi connectivity index (χ0v) is 48.8. The summed E-state index contributed by atoms with van der Waals surface area (Å²) in [4.78, 5) is 88.6. The molecule has 0 unspecified atom stereocenters. The fourth-order valence-electron chi connectivity index (χ4n) is 12.2. The molecule has 15 nitrogen and oxygen atoms in total. The van der Waals surface area contributed by atoms with Crippen LogP contribution in [0.2, 0.25) is 36.3 Å². The van der Waals surface area contributed by atoms with Gasteiger partial charge in [0.15, 0.2) is 40.2 Å². The van der Waals surface area contributed by atoms with E-state index in [1.165, 1.54) is 13.8 Å². The lowest BCUT2D eigenvalue weighted by atomic mass is 9.44. The van der Waals surface area contributed by atoms with Crippen LogP contribution < -0.4 is 5.32 Å². The van der Waals surface area contributed by atoms with Gasteiger partial charge in [-0.1, -0.05) is 122 Å². The zero-order valence-electron chi connectivity index (χ0n) is 46.8. The van der Waals surface area contributed by atoms with Crippen molar-refractivity contribution in [2.75, 3.05) is 6.61 Å². The van der Waals surface area contributed by atoms with Crippen LogP contribution in [0.25, 0.3) is 0 Å². The van der Waals surface area contributed by atoms with E-state index in [2.05, 4.69) is 26.1 Å². The number of nitrogens with one attached hydrogen (secondary N) is 1. The fraction of sp³-hybridized carbons (Fsp3) is 0.559. The lowest BCUT2D eigenvalue weighted by Gasteiger charge is -2.68. The summed E-state index contributed by atoms with van der Waals surface area (Å²) in [6, 6.07) is 26.8. The summed E-state index contributed by atoms with van der Waals surface area (Å²) in [5.74, 6) is -5.77. The number of hydrogen-bond acceptors (Lipinski definition) is 14. The Morgan fingerprint density at radius 1 is 0.803 bits per heavy atom. The third-order valence-electron chi connectivity index (χ3n) is 18.0. The minimum absolute atomic E-state index is 0.0893. The van der Waals surface area contributed by atoms with Crippen molar-refractivity contribution >= 4 is 52.2 Å². The van der Waals surface area contributed by atoms with Gasteiger partial charge < -0.3 is 43.0 Å². The summed E-state index contributed by atoms with van der Waals surface area (Å²) in [6.07, 6.45) is -8.56. The Balaban J connectivity index is 1.49. The summed E-state index contributed by atoms with van der Waals surface area (Å²) in [7, 11) is -5.59. The Bertz CT molecular complexity index is 2680. The first kappa shape index (κ1) is 58.4. The number of rotatable bonds is 17. The number of esters is 4. The van der Waals surface area contributed by atoms with Crippen LogP contribution in [0.5, 0.6) is 0 Å². The first-order chi connectivity index (χ1) is 35.6. The number of hydrogen-bond donors (Lipinski definition) is 2. The molecular formula is C59H79NO14Si2. The van der Waals surface area contributed by atoms with Crippen molar-refractivity contribution < 1.29 is 66.4 Å². The minimum atomic E-state index is -2.94. The molecule has 2 saturated carbocycles. The molecule has 3 aliphatic carbocycles. The second-order valence-corrected chi connectivity index (χ2v) is 33.0. The quantitative estimate of drug-likeness (QED) is 0.0560. The first-order valence-electron chi connectivity index (χ1n) is 26.8. The van der Waals surface area contributed by atoms with Gasteiger partial charge in [-0.05, 0) is 91.1 Å². The lowest BCUT2D eigenvalue weighted by Crippen LogP contribution is -2.82. The maximum Gasteiger partial charge on any atom is 0.338 e. The number of carbonyl (C=O) groups excluding carboxylic acids is 6. The Morgan fingerprint density at radius 3 is 1.86 bits per heavy atom. The molecule has 412 valence electrons. The summed E-state index contributed by atoms with van der Waals surface area (Å²) in [5.41, 5.74) is -6.01. The maximum absolute atomic E-state index is 16.6. The Hall–Kier alpha value is -5.31. The first-order valence-corrected chi connectivity index (χ1v) is 32.2. The van der Waals surface area contributed by atoms with Gasteiger partial charge in [-0.25, -0.2) is 9.59 Å². The lowest BCUT2D eigenvalue weighted by molar-refractivity contribution is -0.344. The number of fused-ring (bicyclic) bond motifs is 5. The van der Waals surface area contributed by atoms with Crippen LogP contribution in [0.3, 0.4) is 0 Å².